The van der Waals surface area contributed by atoms with Gasteiger partial charge in [-0.25, -0.2) is 15.0 Å². The largest absolute Gasteiger partial charge is 0.208 e. The van der Waals surface area contributed by atoms with Crippen LogP contribution in [0.1, 0.15) is 0 Å². The molecule has 0 N–H and O–H groups in total. The summed E-state index contributed by atoms with van der Waals surface area (Å²) in [6.07, 6.45) is 0. The number of aromatic nitrogens is 3. The molecule has 8 aromatic carbocycles. The van der Waals surface area contributed by atoms with Gasteiger partial charge in [0.1, 0.15) is 0 Å². The third kappa shape index (κ3) is 5.61. The van der Waals surface area contributed by atoms with Gasteiger partial charge in [-0.3, -0.25) is 0 Å². The van der Waals surface area contributed by atoms with Crippen molar-refractivity contribution in [1.82, 2.24) is 15.0 Å². The van der Waals surface area contributed by atoms with Crippen molar-refractivity contribution in [2.75, 3.05) is 0 Å². The van der Waals surface area contributed by atoms with E-state index in [1.165, 1.54) is 32.7 Å². The quantitative estimate of drug-likeness (QED) is 0.182. The maximum absolute atomic E-state index is 5.17. The normalized spacial score (nSPS) is 11.2. The van der Waals surface area contributed by atoms with E-state index in [0.29, 0.717) is 17.5 Å². The highest BCUT2D eigenvalue weighted by atomic mass is 15.0. The van der Waals surface area contributed by atoms with Crippen LogP contribution >= 0.6 is 0 Å². The molecular formula is C47H31N3. The molecule has 0 fully saturated rings. The molecule has 0 unspecified atom stereocenters. The average molecular weight is 638 g/mol. The first-order valence-corrected chi connectivity index (χ1v) is 16.9. The molecule has 0 bridgehead atoms. The lowest BCUT2D eigenvalue weighted by Gasteiger charge is -2.14. The maximum Gasteiger partial charge on any atom is 0.164 e. The van der Waals surface area contributed by atoms with Crippen LogP contribution in [0.15, 0.2) is 188 Å². The SMILES string of the molecule is c1ccc(-c2ccc3cc(-c4cccc(-c5nc(-c6ccccc6)nc(-c6ccccc6-c6cccc7ccccc67)n5)c4)ccc3c2)cc1. The summed E-state index contributed by atoms with van der Waals surface area (Å²) >= 11 is 0. The van der Waals surface area contributed by atoms with Crippen LogP contribution in [0, 0.1) is 0 Å². The van der Waals surface area contributed by atoms with Crippen molar-refractivity contribution in [2.24, 2.45) is 0 Å². The van der Waals surface area contributed by atoms with Gasteiger partial charge in [-0.1, -0.05) is 170 Å². The van der Waals surface area contributed by atoms with E-state index >= 15 is 0 Å². The van der Waals surface area contributed by atoms with Crippen molar-refractivity contribution in [2.45, 2.75) is 0 Å². The highest BCUT2D eigenvalue weighted by Crippen LogP contribution is 2.37. The molecule has 3 heteroatoms. The fraction of sp³-hybridized carbons (Fsp3) is 0. The van der Waals surface area contributed by atoms with Crippen LogP contribution in [0.3, 0.4) is 0 Å². The third-order valence-corrected chi connectivity index (χ3v) is 9.32. The Labute approximate surface area is 291 Å². The molecule has 50 heavy (non-hydrogen) atoms. The highest BCUT2D eigenvalue weighted by molar-refractivity contribution is 6.00. The Balaban J connectivity index is 1.15. The first-order valence-electron chi connectivity index (χ1n) is 16.9. The van der Waals surface area contributed by atoms with Crippen molar-refractivity contribution < 1.29 is 0 Å². The zero-order chi connectivity index (χ0) is 33.3. The maximum atomic E-state index is 5.17. The summed E-state index contributed by atoms with van der Waals surface area (Å²) in [5, 5.41) is 4.81. The molecular weight excluding hydrogens is 607 g/mol. The molecule has 0 aliphatic heterocycles. The fourth-order valence-electron chi connectivity index (χ4n) is 6.79. The van der Waals surface area contributed by atoms with Crippen molar-refractivity contribution in [3.05, 3.63) is 188 Å². The molecule has 0 radical (unpaired) electrons. The first kappa shape index (κ1) is 29.4. The first-order chi connectivity index (χ1) is 24.8. The molecule has 1 heterocycles. The Morgan fingerprint density at radius 3 is 1.48 bits per heavy atom. The number of rotatable bonds is 6. The summed E-state index contributed by atoms with van der Waals surface area (Å²) in [6.45, 7) is 0. The summed E-state index contributed by atoms with van der Waals surface area (Å²) in [6, 6.07) is 65.9. The molecule has 0 saturated heterocycles. The molecule has 3 nitrogen and oxygen atoms in total. The van der Waals surface area contributed by atoms with Crippen LogP contribution in [-0.2, 0) is 0 Å². The van der Waals surface area contributed by atoms with Gasteiger partial charge in [-0.05, 0) is 73.1 Å². The molecule has 0 saturated carbocycles. The molecule has 0 spiro atoms. The number of benzene rings is 8. The lowest BCUT2D eigenvalue weighted by molar-refractivity contribution is 1.07. The molecule has 0 amide bonds. The lowest BCUT2D eigenvalue weighted by Crippen LogP contribution is -2.01. The Morgan fingerprint density at radius 2 is 0.720 bits per heavy atom. The van der Waals surface area contributed by atoms with Gasteiger partial charge in [0, 0.05) is 16.7 Å². The third-order valence-electron chi connectivity index (χ3n) is 9.32. The van der Waals surface area contributed by atoms with Crippen molar-refractivity contribution in [3.8, 4) is 67.5 Å². The van der Waals surface area contributed by atoms with Crippen LogP contribution < -0.4 is 0 Å². The van der Waals surface area contributed by atoms with E-state index < -0.39 is 0 Å². The van der Waals surface area contributed by atoms with E-state index in [0.717, 1.165) is 38.9 Å². The van der Waals surface area contributed by atoms with E-state index in [4.69, 9.17) is 15.0 Å². The highest BCUT2D eigenvalue weighted by Gasteiger charge is 2.17. The molecule has 9 rings (SSSR count). The Morgan fingerprint density at radius 1 is 0.240 bits per heavy atom. The predicted octanol–water partition coefficient (Wildman–Crippen LogP) is 12.2. The molecule has 0 aliphatic carbocycles. The summed E-state index contributed by atoms with van der Waals surface area (Å²) in [4.78, 5) is 15.3. The van der Waals surface area contributed by atoms with Crippen molar-refractivity contribution in [1.29, 1.82) is 0 Å². The lowest BCUT2D eigenvalue weighted by atomic mass is 9.94. The van der Waals surface area contributed by atoms with Crippen LogP contribution in [0.25, 0.3) is 89.1 Å². The van der Waals surface area contributed by atoms with Crippen molar-refractivity contribution >= 4 is 21.5 Å². The van der Waals surface area contributed by atoms with Crippen molar-refractivity contribution in [3.63, 3.8) is 0 Å². The van der Waals surface area contributed by atoms with E-state index in [9.17, 15) is 0 Å². The van der Waals surface area contributed by atoms with E-state index in [1.54, 1.807) is 0 Å². The minimum absolute atomic E-state index is 0.636. The zero-order valence-corrected chi connectivity index (χ0v) is 27.2. The van der Waals surface area contributed by atoms with Gasteiger partial charge < -0.3 is 0 Å². The fourth-order valence-corrected chi connectivity index (χ4v) is 6.79. The number of hydrogen-bond acceptors (Lipinski definition) is 3. The number of hydrogen-bond donors (Lipinski definition) is 0. The number of nitrogens with zero attached hydrogens (tertiary/aromatic N) is 3. The molecule has 0 atom stereocenters. The minimum atomic E-state index is 0.636. The summed E-state index contributed by atoms with van der Waals surface area (Å²) in [7, 11) is 0. The summed E-state index contributed by atoms with van der Waals surface area (Å²) < 4.78 is 0. The topological polar surface area (TPSA) is 38.7 Å². The van der Waals surface area contributed by atoms with Gasteiger partial charge >= 0.3 is 0 Å². The second kappa shape index (κ2) is 12.7. The molecule has 1 aromatic heterocycles. The van der Waals surface area contributed by atoms with Gasteiger partial charge in [0.25, 0.3) is 0 Å². The molecule has 9 aromatic rings. The van der Waals surface area contributed by atoms with Crippen LogP contribution in [0.5, 0.6) is 0 Å². The van der Waals surface area contributed by atoms with Crippen LogP contribution in [-0.4, -0.2) is 15.0 Å². The number of fused-ring (bicyclic) bond motifs is 2. The monoisotopic (exact) mass is 637 g/mol. The van der Waals surface area contributed by atoms with Crippen LogP contribution in [0.2, 0.25) is 0 Å². The Hall–Kier alpha value is -6.71. The van der Waals surface area contributed by atoms with Gasteiger partial charge in [0.15, 0.2) is 17.5 Å². The van der Waals surface area contributed by atoms with Gasteiger partial charge in [0.2, 0.25) is 0 Å². The minimum Gasteiger partial charge on any atom is -0.208 e. The summed E-state index contributed by atoms with van der Waals surface area (Å²) in [5.74, 6) is 1.92. The zero-order valence-electron chi connectivity index (χ0n) is 27.2. The second-order valence-corrected chi connectivity index (χ2v) is 12.5. The van der Waals surface area contributed by atoms with Gasteiger partial charge in [0.05, 0.1) is 0 Å². The second-order valence-electron chi connectivity index (χ2n) is 12.5. The molecule has 234 valence electrons. The Kier molecular flexibility index (Phi) is 7.49. The average Bonchev–Trinajstić information content (AvgIpc) is 3.21. The van der Waals surface area contributed by atoms with E-state index in [1.807, 2.05) is 30.3 Å². The molecule has 0 aliphatic rings. The predicted molar refractivity (Wildman–Crippen MR) is 207 cm³/mol. The van der Waals surface area contributed by atoms with E-state index in [2.05, 4.69) is 158 Å². The van der Waals surface area contributed by atoms with Gasteiger partial charge in [-0.15, -0.1) is 0 Å². The standard InChI is InChI=1S/C47H31N3/c1-3-13-32(14-4-1)36-25-26-39-30-37(27-28-38(39)29-36)35-19-11-20-40(31-35)46-48-45(34-16-5-2-6-17-34)49-47(50-46)44-23-10-9-22-43(44)42-24-12-18-33-15-7-8-21-41(33)42/h1-31H. The van der Waals surface area contributed by atoms with Crippen LogP contribution in [0.4, 0.5) is 0 Å². The smallest absolute Gasteiger partial charge is 0.164 e. The van der Waals surface area contributed by atoms with E-state index in [-0.39, 0.29) is 0 Å². The Bertz CT molecular complexity index is 2640. The van der Waals surface area contributed by atoms with Gasteiger partial charge in [-0.2, -0.15) is 0 Å². The summed E-state index contributed by atoms with van der Waals surface area (Å²) in [5.41, 5.74) is 9.77.